The number of hydrogen-bond donors (Lipinski definition) is 0. The molecule has 150 valence electrons. The zero-order valence-electron chi connectivity index (χ0n) is 16.4. The Morgan fingerprint density at radius 1 is 0.964 bits per heavy atom. The molecule has 3 aliphatic rings. The minimum Gasteiger partial charge on any atom is -0.454 e. The molecule has 2 saturated heterocycles. The van der Waals surface area contributed by atoms with Gasteiger partial charge < -0.3 is 19.3 Å². The molecule has 2 fully saturated rings. The summed E-state index contributed by atoms with van der Waals surface area (Å²) in [6.07, 6.45) is 3.91. The molecule has 4 rings (SSSR count). The van der Waals surface area contributed by atoms with Crippen molar-refractivity contribution >= 4 is 17.4 Å². The van der Waals surface area contributed by atoms with Crippen molar-refractivity contribution in [1.29, 1.82) is 0 Å². The highest BCUT2D eigenvalue weighted by molar-refractivity contribution is 5.95. The lowest BCUT2D eigenvalue weighted by molar-refractivity contribution is -0.132. The quantitative estimate of drug-likeness (QED) is 0.737. The molecule has 0 atom stereocenters. The third kappa shape index (κ3) is 4.14. The highest BCUT2D eigenvalue weighted by Gasteiger charge is 2.25. The van der Waals surface area contributed by atoms with Gasteiger partial charge in [0.15, 0.2) is 11.5 Å². The minimum absolute atomic E-state index is 0.0145. The van der Waals surface area contributed by atoms with E-state index >= 15 is 0 Å². The number of carbonyl (C=O) groups excluding carboxylic acids is 2. The van der Waals surface area contributed by atoms with E-state index < -0.39 is 0 Å². The molecule has 0 aromatic heterocycles. The van der Waals surface area contributed by atoms with Crippen LogP contribution in [0.1, 0.15) is 25.3 Å². The molecule has 7 heteroatoms. The normalized spacial score (nSPS) is 20.0. The van der Waals surface area contributed by atoms with Gasteiger partial charge in [-0.05, 0) is 43.0 Å². The lowest BCUT2D eigenvalue weighted by Crippen LogP contribution is -2.51. The molecule has 0 radical (unpaired) electrons. The maximum atomic E-state index is 12.7. The van der Waals surface area contributed by atoms with Crippen molar-refractivity contribution in [3.63, 3.8) is 0 Å². The van der Waals surface area contributed by atoms with E-state index in [1.54, 1.807) is 6.08 Å². The average Bonchev–Trinajstić information content (AvgIpc) is 3.39. The smallest absolute Gasteiger partial charge is 0.246 e. The summed E-state index contributed by atoms with van der Waals surface area (Å²) in [7, 11) is 0. The number of allylic oxidation sites excluding steroid dienone is 1. The summed E-state index contributed by atoms with van der Waals surface area (Å²) in [5, 5.41) is 0. The van der Waals surface area contributed by atoms with Gasteiger partial charge in [0.25, 0.3) is 0 Å². The molecule has 2 amide bonds. The first kappa shape index (κ1) is 18.8. The fraction of sp³-hybridized carbons (Fsp3) is 0.524. The zero-order chi connectivity index (χ0) is 19.5. The molecule has 1 aromatic carbocycles. The molecular weight excluding hydrogens is 358 g/mol. The summed E-state index contributed by atoms with van der Waals surface area (Å²) < 4.78 is 10.7. The van der Waals surface area contributed by atoms with Crippen molar-refractivity contribution < 1.29 is 19.1 Å². The summed E-state index contributed by atoms with van der Waals surface area (Å²) >= 11 is 0. The third-order valence-corrected chi connectivity index (χ3v) is 5.67. The second-order valence-corrected chi connectivity index (χ2v) is 7.58. The predicted molar refractivity (Wildman–Crippen MR) is 105 cm³/mol. The van der Waals surface area contributed by atoms with Gasteiger partial charge in [0.05, 0.1) is 6.54 Å². The second-order valence-electron chi connectivity index (χ2n) is 7.58. The summed E-state index contributed by atoms with van der Waals surface area (Å²) in [5.74, 6) is 1.69. The molecule has 7 nitrogen and oxygen atoms in total. The minimum atomic E-state index is 0.0145. The predicted octanol–water partition coefficient (Wildman–Crippen LogP) is 1.59. The number of nitrogens with zero attached hydrogens (tertiary/aromatic N) is 3. The zero-order valence-corrected chi connectivity index (χ0v) is 16.4. The van der Waals surface area contributed by atoms with Crippen LogP contribution in [-0.2, 0) is 9.59 Å². The number of amides is 2. The summed E-state index contributed by atoms with van der Waals surface area (Å²) in [6, 6.07) is 5.72. The molecule has 0 unspecified atom stereocenters. The Morgan fingerprint density at radius 2 is 1.68 bits per heavy atom. The maximum Gasteiger partial charge on any atom is 0.246 e. The van der Waals surface area contributed by atoms with Gasteiger partial charge in [-0.15, -0.1) is 0 Å². The molecule has 1 aromatic rings. The van der Waals surface area contributed by atoms with Crippen LogP contribution in [0.5, 0.6) is 11.5 Å². The van der Waals surface area contributed by atoms with Crippen LogP contribution >= 0.6 is 0 Å². The van der Waals surface area contributed by atoms with Crippen LogP contribution in [-0.4, -0.2) is 79.1 Å². The van der Waals surface area contributed by atoms with Gasteiger partial charge in [0.2, 0.25) is 18.6 Å². The van der Waals surface area contributed by atoms with E-state index in [1.165, 1.54) is 0 Å². The monoisotopic (exact) mass is 385 g/mol. The highest BCUT2D eigenvalue weighted by Crippen LogP contribution is 2.34. The Labute approximate surface area is 165 Å². The van der Waals surface area contributed by atoms with E-state index in [0.29, 0.717) is 25.4 Å². The second kappa shape index (κ2) is 8.22. The van der Waals surface area contributed by atoms with Gasteiger partial charge in [-0.25, -0.2) is 0 Å². The van der Waals surface area contributed by atoms with E-state index in [-0.39, 0.29) is 18.6 Å². The number of carbonyl (C=O) groups is 2. The third-order valence-electron chi connectivity index (χ3n) is 5.67. The van der Waals surface area contributed by atoms with Crippen molar-refractivity contribution in [1.82, 2.24) is 14.7 Å². The number of piperazine rings is 1. The van der Waals surface area contributed by atoms with Crippen LogP contribution in [0.15, 0.2) is 24.3 Å². The number of fused-ring (bicyclic) bond motifs is 1. The number of benzene rings is 1. The molecule has 28 heavy (non-hydrogen) atoms. The van der Waals surface area contributed by atoms with Gasteiger partial charge in [0.1, 0.15) is 0 Å². The van der Waals surface area contributed by atoms with Crippen LogP contribution in [0.4, 0.5) is 0 Å². The molecule has 0 spiro atoms. The summed E-state index contributed by atoms with van der Waals surface area (Å²) in [5.41, 5.74) is 1.85. The molecule has 0 saturated carbocycles. The van der Waals surface area contributed by atoms with Crippen LogP contribution in [0.2, 0.25) is 0 Å². The number of ether oxygens (including phenoxy) is 2. The van der Waals surface area contributed by atoms with Crippen molar-refractivity contribution in [2.24, 2.45) is 0 Å². The van der Waals surface area contributed by atoms with Gasteiger partial charge in [-0.1, -0.05) is 6.07 Å². The van der Waals surface area contributed by atoms with Crippen LogP contribution in [0, 0.1) is 0 Å². The maximum absolute atomic E-state index is 12.7. The Bertz CT molecular complexity index is 778. The molecule has 0 aliphatic carbocycles. The lowest BCUT2D eigenvalue weighted by Gasteiger charge is -2.34. The first-order valence-corrected chi connectivity index (χ1v) is 9.97. The van der Waals surface area contributed by atoms with E-state index in [0.717, 1.165) is 55.9 Å². The fourth-order valence-corrected chi connectivity index (χ4v) is 3.89. The van der Waals surface area contributed by atoms with Gasteiger partial charge in [0, 0.05) is 45.3 Å². The SMILES string of the molecule is C/C(=C\C(=O)N1CCN(CC(=O)N2CCCC2)CC1)c1ccc2c(c1)OCO2. The highest BCUT2D eigenvalue weighted by atomic mass is 16.7. The molecule has 0 bridgehead atoms. The average molecular weight is 385 g/mol. The number of hydrogen-bond acceptors (Lipinski definition) is 5. The Kier molecular flexibility index (Phi) is 5.52. The Balaban J connectivity index is 1.30. The van der Waals surface area contributed by atoms with Crippen LogP contribution in [0.3, 0.4) is 0 Å². The van der Waals surface area contributed by atoms with Crippen molar-refractivity contribution in [2.75, 3.05) is 52.6 Å². The van der Waals surface area contributed by atoms with Crippen molar-refractivity contribution in [3.05, 3.63) is 29.8 Å². The topological polar surface area (TPSA) is 62.3 Å². The van der Waals surface area contributed by atoms with Crippen molar-refractivity contribution in [2.45, 2.75) is 19.8 Å². The molecule has 0 N–H and O–H groups in total. The lowest BCUT2D eigenvalue weighted by atomic mass is 10.1. The Hall–Kier alpha value is -2.54. The summed E-state index contributed by atoms with van der Waals surface area (Å²) in [6.45, 7) is 7.19. The van der Waals surface area contributed by atoms with Crippen LogP contribution in [0.25, 0.3) is 5.57 Å². The largest absolute Gasteiger partial charge is 0.454 e. The fourth-order valence-electron chi connectivity index (χ4n) is 3.89. The van der Waals surface area contributed by atoms with Crippen LogP contribution < -0.4 is 9.47 Å². The van der Waals surface area contributed by atoms with Crippen molar-refractivity contribution in [3.8, 4) is 11.5 Å². The number of likely N-dealkylation sites (tertiary alicyclic amines) is 1. The molecular formula is C21H27N3O4. The number of rotatable bonds is 4. The molecule has 3 heterocycles. The first-order chi connectivity index (χ1) is 13.6. The van der Waals surface area contributed by atoms with E-state index in [4.69, 9.17) is 9.47 Å². The standard InChI is InChI=1S/C21H27N3O4/c1-16(17-4-5-18-19(13-17)28-15-27-18)12-20(25)24-10-8-22(9-11-24)14-21(26)23-6-2-3-7-23/h4-5,12-13H,2-3,6-11,14-15H2,1H3/b16-12+. The van der Waals surface area contributed by atoms with Gasteiger partial charge in [-0.3, -0.25) is 14.5 Å². The molecule has 3 aliphatic heterocycles. The first-order valence-electron chi connectivity index (χ1n) is 9.97. The van der Waals surface area contributed by atoms with Gasteiger partial charge in [-0.2, -0.15) is 0 Å². The van der Waals surface area contributed by atoms with E-state index in [1.807, 2.05) is 34.9 Å². The summed E-state index contributed by atoms with van der Waals surface area (Å²) in [4.78, 5) is 30.9. The van der Waals surface area contributed by atoms with E-state index in [9.17, 15) is 9.59 Å². The Morgan fingerprint density at radius 3 is 2.43 bits per heavy atom. The van der Waals surface area contributed by atoms with E-state index in [2.05, 4.69) is 4.90 Å². The van der Waals surface area contributed by atoms with Gasteiger partial charge >= 0.3 is 0 Å².